The zero-order chi connectivity index (χ0) is 8.72. The number of aryl methyl sites for hydroxylation is 2. The van der Waals surface area contributed by atoms with Gasteiger partial charge in [-0.2, -0.15) is 0 Å². The van der Waals surface area contributed by atoms with Gasteiger partial charge < -0.3 is 10.1 Å². The Bertz CT molecular complexity index is 390. The Morgan fingerprint density at radius 1 is 1.25 bits per heavy atom. The lowest BCUT2D eigenvalue weighted by atomic mass is 10.1. The Balaban J connectivity index is 2.93. The number of nitrogens with one attached hydrogen (secondary N) is 1. The zero-order valence-electron chi connectivity index (χ0n) is 7.18. The molecule has 62 valence electrons. The fraction of sp³-hybridized carbons (Fsp3) is 0.200. The predicted molar refractivity (Wildman–Crippen MR) is 49.4 cm³/mol. The molecule has 1 heterocycles. The van der Waals surface area contributed by atoms with E-state index < -0.39 is 0 Å². The van der Waals surface area contributed by atoms with Crippen LogP contribution in [0, 0.1) is 13.8 Å². The number of rotatable bonds is 0. The molecular formula is C10H11NO. The van der Waals surface area contributed by atoms with Gasteiger partial charge in [0.15, 0.2) is 0 Å². The van der Waals surface area contributed by atoms with Crippen molar-refractivity contribution in [2.75, 3.05) is 0 Å². The molecule has 0 amide bonds. The normalized spacial score (nSPS) is 10.8. The first kappa shape index (κ1) is 7.22. The fourth-order valence-electron chi connectivity index (χ4n) is 1.48. The lowest BCUT2D eigenvalue weighted by Crippen LogP contribution is -1.74. The molecule has 2 aromatic rings. The van der Waals surface area contributed by atoms with E-state index in [9.17, 15) is 5.11 Å². The Labute approximate surface area is 70.8 Å². The molecule has 0 aliphatic carbocycles. The number of hydrogen-bond donors (Lipinski definition) is 2. The Morgan fingerprint density at radius 3 is 2.67 bits per heavy atom. The smallest absolute Gasteiger partial charge is 0.139 e. The molecule has 0 atom stereocenters. The third-order valence-corrected chi connectivity index (χ3v) is 2.12. The van der Waals surface area contributed by atoms with Crippen LogP contribution in [-0.2, 0) is 0 Å². The van der Waals surface area contributed by atoms with E-state index in [-0.39, 0.29) is 0 Å². The SMILES string of the molecule is Cc1cc2c(C)ccc(O)c2[nH]1. The van der Waals surface area contributed by atoms with Crippen LogP contribution in [0.5, 0.6) is 5.75 Å². The second-order valence-electron chi connectivity index (χ2n) is 3.14. The molecule has 0 saturated carbocycles. The van der Waals surface area contributed by atoms with Gasteiger partial charge in [0.05, 0.1) is 5.52 Å². The van der Waals surface area contributed by atoms with Gasteiger partial charge in [-0.25, -0.2) is 0 Å². The largest absolute Gasteiger partial charge is 0.506 e. The van der Waals surface area contributed by atoms with Gasteiger partial charge >= 0.3 is 0 Å². The zero-order valence-corrected chi connectivity index (χ0v) is 7.18. The first-order valence-corrected chi connectivity index (χ1v) is 3.96. The second kappa shape index (κ2) is 2.27. The van der Waals surface area contributed by atoms with Crippen LogP contribution in [0.2, 0.25) is 0 Å². The van der Waals surface area contributed by atoms with Crippen LogP contribution in [0.1, 0.15) is 11.3 Å². The maximum Gasteiger partial charge on any atom is 0.139 e. The van der Waals surface area contributed by atoms with Gasteiger partial charge in [0.2, 0.25) is 0 Å². The van der Waals surface area contributed by atoms with Crippen molar-refractivity contribution in [2.24, 2.45) is 0 Å². The molecule has 1 aromatic carbocycles. The minimum atomic E-state index is 0.323. The number of phenols is 1. The van der Waals surface area contributed by atoms with Gasteiger partial charge in [-0.1, -0.05) is 6.07 Å². The van der Waals surface area contributed by atoms with Crippen molar-refractivity contribution in [3.8, 4) is 5.75 Å². The average Bonchev–Trinajstić information content (AvgIpc) is 2.41. The van der Waals surface area contributed by atoms with Crippen molar-refractivity contribution in [3.05, 3.63) is 29.5 Å². The van der Waals surface area contributed by atoms with Crippen molar-refractivity contribution in [3.63, 3.8) is 0 Å². The molecule has 1 aromatic heterocycles. The number of benzene rings is 1. The lowest BCUT2D eigenvalue weighted by molar-refractivity contribution is 0.480. The van der Waals surface area contributed by atoms with Gasteiger partial charge in [-0.15, -0.1) is 0 Å². The molecule has 2 rings (SSSR count). The minimum Gasteiger partial charge on any atom is -0.506 e. The van der Waals surface area contributed by atoms with Gasteiger partial charge in [0.25, 0.3) is 0 Å². The molecule has 0 unspecified atom stereocenters. The van der Waals surface area contributed by atoms with Crippen molar-refractivity contribution in [1.82, 2.24) is 4.98 Å². The summed E-state index contributed by atoms with van der Waals surface area (Å²) in [6, 6.07) is 5.68. The van der Waals surface area contributed by atoms with E-state index in [1.807, 2.05) is 26.0 Å². The number of fused-ring (bicyclic) bond motifs is 1. The number of hydrogen-bond acceptors (Lipinski definition) is 1. The van der Waals surface area contributed by atoms with Gasteiger partial charge in [0, 0.05) is 11.1 Å². The molecule has 2 N–H and O–H groups in total. The van der Waals surface area contributed by atoms with Crippen LogP contribution in [-0.4, -0.2) is 10.1 Å². The summed E-state index contributed by atoms with van der Waals surface area (Å²) in [5.41, 5.74) is 3.11. The molecule has 0 saturated heterocycles. The molecule has 2 heteroatoms. The van der Waals surface area contributed by atoms with E-state index >= 15 is 0 Å². The van der Waals surface area contributed by atoms with E-state index in [1.54, 1.807) is 6.07 Å². The Hall–Kier alpha value is -1.44. The summed E-state index contributed by atoms with van der Waals surface area (Å²) < 4.78 is 0. The number of aromatic nitrogens is 1. The van der Waals surface area contributed by atoms with E-state index in [0.717, 1.165) is 16.6 Å². The maximum absolute atomic E-state index is 9.48. The highest BCUT2D eigenvalue weighted by molar-refractivity contribution is 5.88. The fourth-order valence-corrected chi connectivity index (χ4v) is 1.48. The molecule has 2 nitrogen and oxygen atoms in total. The summed E-state index contributed by atoms with van der Waals surface area (Å²) in [5, 5.41) is 10.6. The Morgan fingerprint density at radius 2 is 2.00 bits per heavy atom. The lowest BCUT2D eigenvalue weighted by Gasteiger charge is -1.97. The first-order valence-electron chi connectivity index (χ1n) is 3.96. The minimum absolute atomic E-state index is 0.323. The summed E-state index contributed by atoms with van der Waals surface area (Å²) in [4.78, 5) is 3.12. The average molecular weight is 161 g/mol. The standard InChI is InChI=1S/C10H11NO/c1-6-3-4-9(12)10-8(6)5-7(2)11-10/h3-5,11-12H,1-2H3. The van der Waals surface area contributed by atoms with Crippen molar-refractivity contribution < 1.29 is 5.11 Å². The topological polar surface area (TPSA) is 36.0 Å². The van der Waals surface area contributed by atoms with E-state index in [4.69, 9.17) is 0 Å². The summed E-state index contributed by atoms with van der Waals surface area (Å²) in [7, 11) is 0. The van der Waals surface area contributed by atoms with Crippen LogP contribution >= 0.6 is 0 Å². The molecule has 0 aliphatic rings. The highest BCUT2D eigenvalue weighted by atomic mass is 16.3. The summed E-state index contributed by atoms with van der Waals surface area (Å²) in [6.45, 7) is 4.02. The summed E-state index contributed by atoms with van der Waals surface area (Å²) in [5.74, 6) is 0.323. The molecule has 0 spiro atoms. The number of aromatic amines is 1. The van der Waals surface area contributed by atoms with E-state index in [1.165, 1.54) is 5.56 Å². The third kappa shape index (κ3) is 0.881. The molecular weight excluding hydrogens is 150 g/mol. The van der Waals surface area contributed by atoms with Crippen LogP contribution in [0.3, 0.4) is 0 Å². The molecule has 0 bridgehead atoms. The molecule has 0 aliphatic heterocycles. The highest BCUT2D eigenvalue weighted by Gasteiger charge is 2.03. The second-order valence-corrected chi connectivity index (χ2v) is 3.14. The van der Waals surface area contributed by atoms with Crippen LogP contribution < -0.4 is 0 Å². The molecule has 0 fully saturated rings. The van der Waals surface area contributed by atoms with Gasteiger partial charge in [-0.3, -0.25) is 0 Å². The maximum atomic E-state index is 9.48. The first-order chi connectivity index (χ1) is 5.68. The van der Waals surface area contributed by atoms with Gasteiger partial charge in [0.1, 0.15) is 5.75 Å². The Kier molecular flexibility index (Phi) is 1.37. The number of aromatic hydroxyl groups is 1. The van der Waals surface area contributed by atoms with Crippen molar-refractivity contribution in [2.45, 2.75) is 13.8 Å². The highest BCUT2D eigenvalue weighted by Crippen LogP contribution is 2.26. The number of phenolic OH excluding ortho intramolecular Hbond substituents is 1. The van der Waals surface area contributed by atoms with E-state index in [0.29, 0.717) is 5.75 Å². The number of H-pyrrole nitrogens is 1. The van der Waals surface area contributed by atoms with Crippen molar-refractivity contribution >= 4 is 10.9 Å². The molecule has 12 heavy (non-hydrogen) atoms. The summed E-state index contributed by atoms with van der Waals surface area (Å²) >= 11 is 0. The monoisotopic (exact) mass is 161 g/mol. The van der Waals surface area contributed by atoms with Crippen LogP contribution in [0.4, 0.5) is 0 Å². The van der Waals surface area contributed by atoms with Crippen molar-refractivity contribution in [1.29, 1.82) is 0 Å². The quantitative estimate of drug-likeness (QED) is 0.611. The summed E-state index contributed by atoms with van der Waals surface area (Å²) in [6.07, 6.45) is 0. The van der Waals surface area contributed by atoms with Crippen LogP contribution in [0.15, 0.2) is 18.2 Å². The van der Waals surface area contributed by atoms with Gasteiger partial charge in [-0.05, 0) is 31.5 Å². The third-order valence-electron chi connectivity index (χ3n) is 2.12. The van der Waals surface area contributed by atoms with Crippen LogP contribution in [0.25, 0.3) is 10.9 Å². The molecule has 0 radical (unpaired) electrons. The predicted octanol–water partition coefficient (Wildman–Crippen LogP) is 2.49. The van der Waals surface area contributed by atoms with E-state index in [2.05, 4.69) is 4.98 Å².